The van der Waals surface area contributed by atoms with Gasteiger partial charge in [0.15, 0.2) is 0 Å². The Bertz CT molecular complexity index is 638. The number of rotatable bonds is 3. The van der Waals surface area contributed by atoms with E-state index in [2.05, 4.69) is 0 Å². The Morgan fingerprint density at radius 3 is 2.38 bits per heavy atom. The van der Waals surface area contributed by atoms with E-state index in [9.17, 15) is 22.7 Å². The molecular formula is C15H12F4O2. The summed E-state index contributed by atoms with van der Waals surface area (Å²) in [6, 6.07) is 8.05. The first kappa shape index (κ1) is 15.3. The SMILES string of the molecule is COc1cccc(F)c1C(O)c1cccc(C(F)(F)F)c1. The summed E-state index contributed by atoms with van der Waals surface area (Å²) in [7, 11) is 1.29. The van der Waals surface area contributed by atoms with Crippen molar-refractivity contribution in [1.29, 1.82) is 0 Å². The Balaban J connectivity index is 2.48. The molecule has 1 atom stereocenters. The van der Waals surface area contributed by atoms with E-state index in [1.54, 1.807) is 0 Å². The molecule has 1 unspecified atom stereocenters. The number of halogens is 4. The van der Waals surface area contributed by atoms with Crippen molar-refractivity contribution in [3.8, 4) is 5.75 Å². The van der Waals surface area contributed by atoms with Crippen LogP contribution in [0.1, 0.15) is 22.8 Å². The van der Waals surface area contributed by atoms with Crippen LogP contribution in [0, 0.1) is 5.82 Å². The summed E-state index contributed by atoms with van der Waals surface area (Å²) in [5, 5.41) is 10.2. The van der Waals surface area contributed by atoms with E-state index in [4.69, 9.17) is 4.74 Å². The van der Waals surface area contributed by atoms with Crippen LogP contribution in [0.2, 0.25) is 0 Å². The minimum Gasteiger partial charge on any atom is -0.496 e. The van der Waals surface area contributed by atoms with Crippen molar-refractivity contribution in [2.75, 3.05) is 7.11 Å². The van der Waals surface area contributed by atoms with Gasteiger partial charge in [0.1, 0.15) is 17.7 Å². The molecule has 0 fully saturated rings. The zero-order valence-electron chi connectivity index (χ0n) is 11.0. The number of hydrogen-bond donors (Lipinski definition) is 1. The Morgan fingerprint density at radius 1 is 1.10 bits per heavy atom. The molecule has 0 heterocycles. The van der Waals surface area contributed by atoms with Gasteiger partial charge in [-0.15, -0.1) is 0 Å². The maximum atomic E-state index is 13.8. The van der Waals surface area contributed by atoms with Gasteiger partial charge in [-0.1, -0.05) is 18.2 Å². The molecule has 0 radical (unpaired) electrons. The van der Waals surface area contributed by atoms with E-state index in [1.165, 1.54) is 25.3 Å². The van der Waals surface area contributed by atoms with Gasteiger partial charge in [0.2, 0.25) is 0 Å². The molecule has 0 spiro atoms. The number of aliphatic hydroxyl groups is 1. The first-order valence-electron chi connectivity index (χ1n) is 6.02. The second kappa shape index (κ2) is 5.73. The smallest absolute Gasteiger partial charge is 0.416 e. The molecule has 112 valence electrons. The van der Waals surface area contributed by atoms with Gasteiger partial charge in [-0.25, -0.2) is 4.39 Å². The molecule has 0 amide bonds. The highest BCUT2D eigenvalue weighted by molar-refractivity contribution is 5.42. The van der Waals surface area contributed by atoms with Crippen LogP contribution in [0.15, 0.2) is 42.5 Å². The van der Waals surface area contributed by atoms with Gasteiger partial charge >= 0.3 is 6.18 Å². The predicted octanol–water partition coefficient (Wildman–Crippen LogP) is 3.93. The average Bonchev–Trinajstić information content (AvgIpc) is 2.45. The van der Waals surface area contributed by atoms with Crippen LogP contribution in [0.4, 0.5) is 17.6 Å². The fraction of sp³-hybridized carbons (Fsp3) is 0.200. The summed E-state index contributed by atoms with van der Waals surface area (Å²) >= 11 is 0. The van der Waals surface area contributed by atoms with Crippen molar-refractivity contribution in [2.45, 2.75) is 12.3 Å². The fourth-order valence-electron chi connectivity index (χ4n) is 2.01. The molecule has 21 heavy (non-hydrogen) atoms. The topological polar surface area (TPSA) is 29.5 Å². The van der Waals surface area contributed by atoms with E-state index in [1.807, 2.05) is 0 Å². The molecular weight excluding hydrogens is 288 g/mol. The summed E-state index contributed by atoms with van der Waals surface area (Å²) < 4.78 is 56.8. The molecule has 2 rings (SSSR count). The second-order valence-electron chi connectivity index (χ2n) is 4.38. The number of aliphatic hydroxyl groups excluding tert-OH is 1. The summed E-state index contributed by atoms with van der Waals surface area (Å²) in [6.45, 7) is 0. The number of ether oxygens (including phenoxy) is 1. The quantitative estimate of drug-likeness (QED) is 0.870. The zero-order valence-corrected chi connectivity index (χ0v) is 11.0. The van der Waals surface area contributed by atoms with E-state index in [-0.39, 0.29) is 16.9 Å². The number of methoxy groups -OCH3 is 1. The summed E-state index contributed by atoms with van der Waals surface area (Å²) in [5.41, 5.74) is -1.16. The van der Waals surface area contributed by atoms with Crippen LogP contribution in [-0.2, 0) is 6.18 Å². The first-order chi connectivity index (χ1) is 9.84. The van der Waals surface area contributed by atoms with Gasteiger partial charge < -0.3 is 9.84 Å². The van der Waals surface area contributed by atoms with Gasteiger partial charge in [0.25, 0.3) is 0 Å². The lowest BCUT2D eigenvalue weighted by Crippen LogP contribution is -2.09. The van der Waals surface area contributed by atoms with Crippen LogP contribution in [0.5, 0.6) is 5.75 Å². The Morgan fingerprint density at radius 2 is 1.76 bits per heavy atom. The van der Waals surface area contributed by atoms with E-state index in [0.29, 0.717) is 0 Å². The van der Waals surface area contributed by atoms with Crippen molar-refractivity contribution in [2.24, 2.45) is 0 Å². The highest BCUT2D eigenvalue weighted by Crippen LogP contribution is 2.35. The van der Waals surface area contributed by atoms with Crippen LogP contribution >= 0.6 is 0 Å². The first-order valence-corrected chi connectivity index (χ1v) is 6.02. The normalized spacial score (nSPS) is 13.0. The lowest BCUT2D eigenvalue weighted by Gasteiger charge is -2.17. The number of hydrogen-bond acceptors (Lipinski definition) is 2. The van der Waals surface area contributed by atoms with E-state index in [0.717, 1.165) is 24.3 Å². The third-order valence-corrected chi connectivity index (χ3v) is 3.04. The molecule has 2 aromatic carbocycles. The van der Waals surface area contributed by atoms with E-state index >= 15 is 0 Å². The molecule has 0 aliphatic rings. The van der Waals surface area contributed by atoms with Gasteiger partial charge in [-0.3, -0.25) is 0 Å². The highest BCUT2D eigenvalue weighted by Gasteiger charge is 2.31. The number of benzene rings is 2. The lowest BCUT2D eigenvalue weighted by atomic mass is 9.98. The molecule has 0 saturated heterocycles. The summed E-state index contributed by atoms with van der Waals surface area (Å²) in [5.74, 6) is -0.681. The van der Waals surface area contributed by atoms with Crippen molar-refractivity contribution in [3.63, 3.8) is 0 Å². The maximum absolute atomic E-state index is 13.8. The molecule has 2 nitrogen and oxygen atoms in total. The van der Waals surface area contributed by atoms with Crippen molar-refractivity contribution >= 4 is 0 Å². The van der Waals surface area contributed by atoms with E-state index < -0.39 is 23.7 Å². The van der Waals surface area contributed by atoms with Gasteiger partial charge in [0.05, 0.1) is 18.2 Å². The Hall–Kier alpha value is -2.08. The molecule has 0 aliphatic carbocycles. The Kier molecular flexibility index (Phi) is 4.18. The Labute approximate surface area is 118 Å². The fourth-order valence-corrected chi connectivity index (χ4v) is 2.01. The van der Waals surface area contributed by atoms with Gasteiger partial charge in [-0.2, -0.15) is 13.2 Å². The van der Waals surface area contributed by atoms with Gasteiger partial charge in [-0.05, 0) is 29.8 Å². The third-order valence-electron chi connectivity index (χ3n) is 3.04. The largest absolute Gasteiger partial charge is 0.496 e. The molecule has 0 aliphatic heterocycles. The average molecular weight is 300 g/mol. The monoisotopic (exact) mass is 300 g/mol. The van der Waals surface area contributed by atoms with Crippen molar-refractivity contribution < 1.29 is 27.4 Å². The van der Waals surface area contributed by atoms with Crippen LogP contribution in [0.25, 0.3) is 0 Å². The summed E-state index contributed by atoms with van der Waals surface area (Å²) in [6.07, 6.45) is -6.09. The second-order valence-corrected chi connectivity index (χ2v) is 4.38. The molecule has 0 saturated carbocycles. The number of alkyl halides is 3. The molecule has 0 bridgehead atoms. The zero-order chi connectivity index (χ0) is 15.6. The standard InChI is InChI=1S/C15H12F4O2/c1-21-12-7-3-6-11(16)13(12)14(20)9-4-2-5-10(8-9)15(17,18)19/h2-8,14,20H,1H3. The lowest BCUT2D eigenvalue weighted by molar-refractivity contribution is -0.137. The van der Waals surface area contributed by atoms with Crippen molar-refractivity contribution in [1.82, 2.24) is 0 Å². The maximum Gasteiger partial charge on any atom is 0.416 e. The van der Waals surface area contributed by atoms with Gasteiger partial charge in [0, 0.05) is 0 Å². The minimum absolute atomic E-state index is 0.0618. The molecule has 2 aromatic rings. The third kappa shape index (κ3) is 3.16. The predicted molar refractivity (Wildman–Crippen MR) is 68.5 cm³/mol. The van der Waals surface area contributed by atoms with Crippen LogP contribution < -0.4 is 4.74 Å². The molecule has 0 aromatic heterocycles. The molecule has 1 N–H and O–H groups in total. The minimum atomic E-state index is -4.53. The highest BCUT2D eigenvalue weighted by atomic mass is 19.4. The van der Waals surface area contributed by atoms with Crippen LogP contribution in [0.3, 0.4) is 0 Å². The van der Waals surface area contributed by atoms with Crippen LogP contribution in [-0.4, -0.2) is 12.2 Å². The molecule has 6 heteroatoms. The summed E-state index contributed by atoms with van der Waals surface area (Å²) in [4.78, 5) is 0. The van der Waals surface area contributed by atoms with Crippen molar-refractivity contribution in [3.05, 3.63) is 65.0 Å².